The largest absolute Gasteiger partial charge is 0.346 e. The van der Waals surface area contributed by atoms with Crippen LogP contribution in [0.4, 0.5) is 0 Å². The molecular weight excluding hydrogens is 336 g/mol. The van der Waals surface area contributed by atoms with Crippen LogP contribution in [-0.2, 0) is 14.4 Å². The summed E-state index contributed by atoms with van der Waals surface area (Å²) in [5.74, 6) is -3.01. The number of hydrogen-bond donors (Lipinski definition) is 4. The highest BCUT2D eigenvalue weighted by Crippen LogP contribution is 2.09. The van der Waals surface area contributed by atoms with Gasteiger partial charge in [0.15, 0.2) is 0 Å². The Morgan fingerprint density at radius 2 is 1.50 bits per heavy atom. The molecule has 8 nitrogen and oxygen atoms in total. The van der Waals surface area contributed by atoms with Gasteiger partial charge in [-0.2, -0.15) is 0 Å². The topological polar surface area (TPSA) is 116 Å². The van der Waals surface area contributed by atoms with Gasteiger partial charge in [-0.3, -0.25) is 30.0 Å². The van der Waals surface area contributed by atoms with E-state index in [0.29, 0.717) is 12.0 Å². The van der Waals surface area contributed by atoms with Crippen LogP contribution in [-0.4, -0.2) is 35.7 Å². The highest BCUT2D eigenvalue weighted by molar-refractivity contribution is 6.35. The summed E-state index contributed by atoms with van der Waals surface area (Å²) >= 11 is 0. The first-order valence-corrected chi connectivity index (χ1v) is 8.52. The molecule has 0 unspecified atom stereocenters. The van der Waals surface area contributed by atoms with E-state index in [2.05, 4.69) is 21.5 Å². The Labute approximate surface area is 153 Å². The van der Waals surface area contributed by atoms with Crippen molar-refractivity contribution in [1.29, 1.82) is 0 Å². The predicted octanol–water partition coefficient (Wildman–Crippen LogP) is 0.503. The van der Waals surface area contributed by atoms with Crippen molar-refractivity contribution in [3.05, 3.63) is 35.9 Å². The molecule has 0 saturated heterocycles. The molecule has 0 saturated carbocycles. The first-order valence-electron chi connectivity index (χ1n) is 8.52. The zero-order valence-electron chi connectivity index (χ0n) is 15.5. The van der Waals surface area contributed by atoms with Crippen LogP contribution in [0.3, 0.4) is 0 Å². The molecule has 0 aliphatic rings. The van der Waals surface area contributed by atoms with Gasteiger partial charge in [-0.1, -0.05) is 38.5 Å². The molecule has 8 heteroatoms. The van der Waals surface area contributed by atoms with Crippen LogP contribution in [0.25, 0.3) is 0 Å². The van der Waals surface area contributed by atoms with Crippen molar-refractivity contribution in [3.63, 3.8) is 0 Å². The number of nitrogens with one attached hydrogen (secondary N) is 4. The second-order valence-corrected chi connectivity index (χ2v) is 6.27. The third-order valence-corrected chi connectivity index (χ3v) is 3.74. The fraction of sp³-hybridized carbons (Fsp3) is 0.444. The minimum Gasteiger partial charge on any atom is -0.346 e. The molecule has 0 aliphatic heterocycles. The van der Waals surface area contributed by atoms with Crippen molar-refractivity contribution >= 4 is 23.6 Å². The van der Waals surface area contributed by atoms with Crippen molar-refractivity contribution in [2.45, 2.75) is 46.2 Å². The first kappa shape index (κ1) is 21.1. The Bertz CT molecular complexity index is 646. The zero-order valence-corrected chi connectivity index (χ0v) is 15.5. The molecule has 4 N–H and O–H groups in total. The van der Waals surface area contributed by atoms with Crippen LogP contribution in [0.1, 0.15) is 44.5 Å². The van der Waals surface area contributed by atoms with E-state index in [9.17, 15) is 19.2 Å². The standard InChI is InChI=1S/C18H26N4O4/c1-5-12(4)14(20-15(23)13-9-7-6-8-10-13)16(24)21-22-18(26)17(25)19-11(2)3/h6-12,14H,5H2,1-4H3,(H,19,25)(H,20,23)(H,21,24)(H,22,26)/t12-,14-/m0/s1. The summed E-state index contributed by atoms with van der Waals surface area (Å²) in [6, 6.07) is 7.44. The Morgan fingerprint density at radius 3 is 2.04 bits per heavy atom. The molecule has 142 valence electrons. The smallest absolute Gasteiger partial charge is 0.327 e. The molecule has 0 radical (unpaired) electrons. The molecule has 0 bridgehead atoms. The van der Waals surface area contributed by atoms with Crippen molar-refractivity contribution in [2.24, 2.45) is 5.92 Å². The monoisotopic (exact) mass is 362 g/mol. The van der Waals surface area contributed by atoms with Crippen LogP contribution >= 0.6 is 0 Å². The van der Waals surface area contributed by atoms with Crippen LogP contribution in [0.15, 0.2) is 30.3 Å². The van der Waals surface area contributed by atoms with Gasteiger partial charge in [-0.25, -0.2) is 0 Å². The number of amides is 4. The molecule has 1 aromatic carbocycles. The summed E-state index contributed by atoms with van der Waals surface area (Å²) in [5, 5.41) is 5.08. The van der Waals surface area contributed by atoms with Crippen LogP contribution in [0.5, 0.6) is 0 Å². The summed E-state index contributed by atoms with van der Waals surface area (Å²) in [5.41, 5.74) is 4.68. The van der Waals surface area contributed by atoms with E-state index in [1.165, 1.54) is 0 Å². The van der Waals surface area contributed by atoms with Gasteiger partial charge in [0.1, 0.15) is 6.04 Å². The van der Waals surface area contributed by atoms with Crippen molar-refractivity contribution in [3.8, 4) is 0 Å². The van der Waals surface area contributed by atoms with Gasteiger partial charge in [0, 0.05) is 11.6 Å². The third-order valence-electron chi connectivity index (χ3n) is 3.74. The quantitative estimate of drug-likeness (QED) is 0.436. The van der Waals surface area contributed by atoms with E-state index in [4.69, 9.17) is 0 Å². The zero-order chi connectivity index (χ0) is 19.7. The Kier molecular flexibility index (Phi) is 8.27. The van der Waals surface area contributed by atoms with Gasteiger partial charge in [0.05, 0.1) is 0 Å². The number of benzene rings is 1. The minimum atomic E-state index is -0.982. The average molecular weight is 362 g/mol. The van der Waals surface area contributed by atoms with Gasteiger partial charge < -0.3 is 10.6 Å². The number of carbonyl (C=O) groups is 4. The van der Waals surface area contributed by atoms with E-state index < -0.39 is 29.7 Å². The number of hydrogen-bond acceptors (Lipinski definition) is 4. The maximum Gasteiger partial charge on any atom is 0.327 e. The second-order valence-electron chi connectivity index (χ2n) is 6.27. The molecule has 0 fully saturated rings. The number of rotatable bonds is 6. The molecule has 0 aromatic heterocycles. The van der Waals surface area contributed by atoms with Gasteiger partial charge in [-0.05, 0) is 31.9 Å². The molecule has 0 aliphatic carbocycles. The van der Waals surface area contributed by atoms with E-state index in [1.54, 1.807) is 44.2 Å². The Morgan fingerprint density at radius 1 is 0.885 bits per heavy atom. The summed E-state index contributed by atoms with van der Waals surface area (Å²) in [4.78, 5) is 47.9. The maximum absolute atomic E-state index is 12.4. The fourth-order valence-corrected chi connectivity index (χ4v) is 2.10. The molecule has 0 heterocycles. The van der Waals surface area contributed by atoms with Crippen LogP contribution in [0, 0.1) is 5.92 Å². The molecule has 0 spiro atoms. The molecule has 26 heavy (non-hydrogen) atoms. The van der Waals surface area contributed by atoms with Gasteiger partial charge in [-0.15, -0.1) is 0 Å². The number of carbonyl (C=O) groups excluding carboxylic acids is 4. The third kappa shape index (κ3) is 6.54. The lowest BCUT2D eigenvalue weighted by Crippen LogP contribution is -2.56. The lowest BCUT2D eigenvalue weighted by molar-refractivity contribution is -0.141. The summed E-state index contributed by atoms with van der Waals surface area (Å²) in [6.45, 7) is 7.11. The highest BCUT2D eigenvalue weighted by Gasteiger charge is 2.27. The van der Waals surface area contributed by atoms with Crippen molar-refractivity contribution in [1.82, 2.24) is 21.5 Å². The Balaban J connectivity index is 2.71. The molecular formula is C18H26N4O4. The van der Waals surface area contributed by atoms with Crippen molar-refractivity contribution in [2.75, 3.05) is 0 Å². The lowest BCUT2D eigenvalue weighted by atomic mass is 9.98. The predicted molar refractivity (Wildman–Crippen MR) is 96.7 cm³/mol. The normalized spacial score (nSPS) is 12.7. The second kappa shape index (κ2) is 10.2. The van der Waals surface area contributed by atoms with Gasteiger partial charge in [0.2, 0.25) is 0 Å². The molecule has 1 aromatic rings. The minimum absolute atomic E-state index is 0.177. The fourth-order valence-electron chi connectivity index (χ4n) is 2.10. The maximum atomic E-state index is 12.4. The van der Waals surface area contributed by atoms with Gasteiger partial charge in [0.25, 0.3) is 11.8 Å². The molecule has 2 atom stereocenters. The van der Waals surface area contributed by atoms with E-state index in [-0.39, 0.29) is 12.0 Å². The summed E-state index contributed by atoms with van der Waals surface area (Å²) in [7, 11) is 0. The lowest BCUT2D eigenvalue weighted by Gasteiger charge is -2.23. The molecule has 1 rings (SSSR count). The summed E-state index contributed by atoms with van der Waals surface area (Å²) < 4.78 is 0. The van der Waals surface area contributed by atoms with E-state index in [0.717, 1.165) is 0 Å². The Hall–Kier alpha value is -2.90. The van der Waals surface area contributed by atoms with Crippen LogP contribution < -0.4 is 21.5 Å². The SMILES string of the molecule is CC[C@H](C)[C@H](NC(=O)c1ccccc1)C(=O)NNC(=O)C(=O)NC(C)C. The van der Waals surface area contributed by atoms with E-state index in [1.807, 2.05) is 13.8 Å². The summed E-state index contributed by atoms with van der Waals surface area (Å²) in [6.07, 6.45) is 0.634. The van der Waals surface area contributed by atoms with Crippen LogP contribution in [0.2, 0.25) is 0 Å². The number of hydrazine groups is 1. The first-order chi connectivity index (χ1) is 12.3. The van der Waals surface area contributed by atoms with Crippen molar-refractivity contribution < 1.29 is 19.2 Å². The highest BCUT2D eigenvalue weighted by atomic mass is 16.2. The van der Waals surface area contributed by atoms with Gasteiger partial charge >= 0.3 is 11.8 Å². The average Bonchev–Trinajstić information content (AvgIpc) is 2.63. The van der Waals surface area contributed by atoms with E-state index >= 15 is 0 Å². The molecule has 4 amide bonds.